The molecule has 0 bridgehead atoms. The molecule has 3 rings (SSSR count). The first-order valence-electron chi connectivity index (χ1n) is 6.94. The number of guanidine groups is 1. The van der Waals surface area contributed by atoms with Crippen molar-refractivity contribution in [2.24, 2.45) is 16.5 Å². The summed E-state index contributed by atoms with van der Waals surface area (Å²) in [6.07, 6.45) is 1.57. The highest BCUT2D eigenvalue weighted by molar-refractivity contribution is 6.30. The zero-order chi connectivity index (χ0) is 17.3. The van der Waals surface area contributed by atoms with Gasteiger partial charge in [-0.05, 0) is 41.8 Å². The fourth-order valence-corrected chi connectivity index (χ4v) is 2.54. The van der Waals surface area contributed by atoms with Crippen LogP contribution in [0.15, 0.2) is 53.7 Å². The van der Waals surface area contributed by atoms with Gasteiger partial charge in [-0.1, -0.05) is 17.7 Å². The van der Waals surface area contributed by atoms with E-state index in [2.05, 4.69) is 9.98 Å². The topological polar surface area (TPSA) is 94.4 Å². The average molecular weight is 343 g/mol. The van der Waals surface area contributed by atoms with Crippen LogP contribution in [-0.4, -0.2) is 16.9 Å². The number of halogens is 2. The van der Waals surface area contributed by atoms with Crippen molar-refractivity contribution in [3.8, 4) is 11.3 Å². The predicted molar refractivity (Wildman–Crippen MR) is 92.3 cm³/mol. The third-order valence-electron chi connectivity index (χ3n) is 3.43. The lowest BCUT2D eigenvalue weighted by Crippen LogP contribution is -2.24. The van der Waals surface area contributed by atoms with Gasteiger partial charge in [-0.15, -0.1) is 0 Å². The van der Waals surface area contributed by atoms with Gasteiger partial charge in [0.25, 0.3) is 5.91 Å². The molecule has 0 fully saturated rings. The van der Waals surface area contributed by atoms with E-state index in [0.717, 1.165) is 5.39 Å². The minimum Gasteiger partial charge on any atom is -0.370 e. The fraction of sp³-hybridized carbons (Fsp3) is 0. The molecule has 0 saturated heterocycles. The summed E-state index contributed by atoms with van der Waals surface area (Å²) in [6.45, 7) is 0. The predicted octanol–water partition coefficient (Wildman–Crippen LogP) is 3.11. The van der Waals surface area contributed by atoms with Crippen LogP contribution in [0, 0.1) is 5.82 Å². The first-order chi connectivity index (χ1) is 11.5. The van der Waals surface area contributed by atoms with Gasteiger partial charge in [-0.2, -0.15) is 4.99 Å². The summed E-state index contributed by atoms with van der Waals surface area (Å²) in [5.41, 5.74) is 11.4. The Kier molecular flexibility index (Phi) is 4.14. The molecule has 24 heavy (non-hydrogen) atoms. The summed E-state index contributed by atoms with van der Waals surface area (Å²) in [5.74, 6) is -1.40. The maximum atomic E-state index is 14.2. The first-order valence-corrected chi connectivity index (χ1v) is 7.31. The molecule has 3 aromatic rings. The third kappa shape index (κ3) is 3.04. The number of rotatable bonds is 2. The molecule has 0 saturated carbocycles. The number of hydrogen-bond donors (Lipinski definition) is 2. The Bertz CT molecular complexity index is 983. The quantitative estimate of drug-likeness (QED) is 0.552. The van der Waals surface area contributed by atoms with E-state index < -0.39 is 11.7 Å². The maximum Gasteiger partial charge on any atom is 0.280 e. The average Bonchev–Trinajstić information content (AvgIpc) is 2.53. The van der Waals surface area contributed by atoms with E-state index in [0.29, 0.717) is 16.1 Å². The molecule has 1 aromatic heterocycles. The summed E-state index contributed by atoms with van der Waals surface area (Å²) < 4.78 is 14.2. The Hall–Kier alpha value is -2.99. The second-order valence-corrected chi connectivity index (χ2v) is 5.50. The van der Waals surface area contributed by atoms with Crippen molar-refractivity contribution >= 4 is 34.2 Å². The van der Waals surface area contributed by atoms with Crippen molar-refractivity contribution in [2.45, 2.75) is 0 Å². The third-order valence-corrected chi connectivity index (χ3v) is 3.67. The van der Waals surface area contributed by atoms with Crippen molar-refractivity contribution in [1.29, 1.82) is 0 Å². The number of aromatic nitrogens is 1. The number of benzene rings is 2. The van der Waals surface area contributed by atoms with Gasteiger partial charge in [0.05, 0.1) is 5.69 Å². The van der Waals surface area contributed by atoms with Gasteiger partial charge in [0, 0.05) is 27.7 Å². The zero-order valence-electron chi connectivity index (χ0n) is 12.3. The van der Waals surface area contributed by atoms with E-state index in [1.165, 1.54) is 6.07 Å². The highest BCUT2D eigenvalue weighted by atomic mass is 35.5. The van der Waals surface area contributed by atoms with Crippen LogP contribution in [0.3, 0.4) is 0 Å². The van der Waals surface area contributed by atoms with Gasteiger partial charge in [-0.3, -0.25) is 9.78 Å². The SMILES string of the molecule is NC(N)=NC(=O)c1ccc2ccnc(-c3ccc(Cl)cc3F)c2c1. The van der Waals surface area contributed by atoms with Gasteiger partial charge in [0.15, 0.2) is 5.96 Å². The molecule has 120 valence electrons. The van der Waals surface area contributed by atoms with Crippen molar-refractivity contribution in [3.63, 3.8) is 0 Å². The van der Waals surface area contributed by atoms with Gasteiger partial charge in [0.2, 0.25) is 0 Å². The van der Waals surface area contributed by atoms with E-state index in [1.807, 2.05) is 0 Å². The lowest BCUT2D eigenvalue weighted by molar-refractivity contribution is 0.100. The molecule has 1 heterocycles. The number of carbonyl (C=O) groups excluding carboxylic acids is 1. The molecule has 0 atom stereocenters. The van der Waals surface area contributed by atoms with Gasteiger partial charge in [-0.25, -0.2) is 4.39 Å². The molecular weight excluding hydrogens is 331 g/mol. The van der Waals surface area contributed by atoms with Crippen LogP contribution in [0.2, 0.25) is 5.02 Å². The summed E-state index contributed by atoms with van der Waals surface area (Å²) in [7, 11) is 0. The number of carbonyl (C=O) groups is 1. The second-order valence-electron chi connectivity index (χ2n) is 5.06. The van der Waals surface area contributed by atoms with Gasteiger partial charge < -0.3 is 11.5 Å². The first kappa shape index (κ1) is 15.9. The van der Waals surface area contributed by atoms with Crippen molar-refractivity contribution in [2.75, 3.05) is 0 Å². The van der Waals surface area contributed by atoms with E-state index >= 15 is 0 Å². The Morgan fingerprint density at radius 2 is 1.92 bits per heavy atom. The fourth-order valence-electron chi connectivity index (χ4n) is 2.38. The van der Waals surface area contributed by atoms with Gasteiger partial charge >= 0.3 is 0 Å². The summed E-state index contributed by atoms with van der Waals surface area (Å²) in [6, 6.07) is 11.0. The molecule has 0 aliphatic carbocycles. The maximum absolute atomic E-state index is 14.2. The lowest BCUT2D eigenvalue weighted by Gasteiger charge is -2.08. The van der Waals surface area contributed by atoms with E-state index in [9.17, 15) is 9.18 Å². The highest BCUT2D eigenvalue weighted by Gasteiger charge is 2.13. The molecule has 4 N–H and O–H groups in total. The normalized spacial score (nSPS) is 10.6. The minimum absolute atomic E-state index is 0.277. The number of aliphatic imine (C=N–C) groups is 1. The molecule has 5 nitrogen and oxygen atoms in total. The van der Waals surface area contributed by atoms with Crippen molar-refractivity contribution < 1.29 is 9.18 Å². The summed E-state index contributed by atoms with van der Waals surface area (Å²) >= 11 is 5.79. The highest BCUT2D eigenvalue weighted by Crippen LogP contribution is 2.30. The van der Waals surface area contributed by atoms with E-state index in [1.54, 1.807) is 42.6 Å². The molecule has 0 aliphatic heterocycles. The molecule has 2 aromatic carbocycles. The van der Waals surface area contributed by atoms with E-state index in [-0.39, 0.29) is 17.1 Å². The number of amides is 1. The number of nitrogens with two attached hydrogens (primary N) is 2. The molecular formula is C17H12ClFN4O. The summed E-state index contributed by atoms with van der Waals surface area (Å²) in [4.78, 5) is 19.8. The largest absolute Gasteiger partial charge is 0.370 e. The lowest BCUT2D eigenvalue weighted by atomic mass is 10.0. The monoisotopic (exact) mass is 342 g/mol. The van der Waals surface area contributed by atoms with Crippen LogP contribution >= 0.6 is 11.6 Å². The smallest absolute Gasteiger partial charge is 0.280 e. The van der Waals surface area contributed by atoms with Crippen molar-refractivity contribution in [3.05, 3.63) is 65.1 Å². The van der Waals surface area contributed by atoms with E-state index in [4.69, 9.17) is 23.1 Å². The Labute approximate surface area is 141 Å². The molecule has 1 amide bonds. The van der Waals surface area contributed by atoms with Crippen LogP contribution in [0.4, 0.5) is 4.39 Å². The molecule has 0 aliphatic rings. The molecule has 0 spiro atoms. The summed E-state index contributed by atoms with van der Waals surface area (Å²) in [5, 5.41) is 1.70. The van der Waals surface area contributed by atoms with Crippen LogP contribution in [-0.2, 0) is 0 Å². The Morgan fingerprint density at radius 3 is 2.62 bits per heavy atom. The minimum atomic E-state index is -0.580. The van der Waals surface area contributed by atoms with Crippen LogP contribution in [0.5, 0.6) is 0 Å². The van der Waals surface area contributed by atoms with Crippen LogP contribution in [0.1, 0.15) is 10.4 Å². The standard InChI is InChI=1S/C17H12ClFN4O/c18-11-3-4-12(14(19)8-11)15-13-7-10(16(24)23-17(20)21)2-1-9(13)5-6-22-15/h1-8H,(H4,20,21,23,24). The number of nitrogens with zero attached hydrogens (tertiary/aromatic N) is 2. The molecule has 7 heteroatoms. The Balaban J connectivity index is 2.22. The van der Waals surface area contributed by atoms with Crippen molar-refractivity contribution in [1.82, 2.24) is 4.98 Å². The number of pyridine rings is 1. The number of hydrogen-bond acceptors (Lipinski definition) is 2. The molecule has 0 unspecified atom stereocenters. The van der Waals surface area contributed by atoms with Crippen LogP contribution in [0.25, 0.3) is 22.0 Å². The number of fused-ring (bicyclic) bond motifs is 1. The zero-order valence-corrected chi connectivity index (χ0v) is 13.1. The molecule has 0 radical (unpaired) electrons. The van der Waals surface area contributed by atoms with Gasteiger partial charge in [0.1, 0.15) is 5.82 Å². The van der Waals surface area contributed by atoms with Crippen LogP contribution < -0.4 is 11.5 Å². The Morgan fingerprint density at radius 1 is 1.12 bits per heavy atom. The second kappa shape index (κ2) is 6.25.